The van der Waals surface area contributed by atoms with Crippen LogP contribution in [-0.2, 0) is 15.1 Å². The van der Waals surface area contributed by atoms with E-state index in [0.29, 0.717) is 16.7 Å². The van der Waals surface area contributed by atoms with Gasteiger partial charge in [0.25, 0.3) is 5.54 Å². The Bertz CT molecular complexity index is 1360. The molecule has 0 radical (unpaired) electrons. The summed E-state index contributed by atoms with van der Waals surface area (Å²) in [7, 11) is 0. The molecule has 7 rings (SSSR count). The molecule has 4 aliphatic rings. The molecule has 0 spiro atoms. The molecule has 3 aliphatic carbocycles. The van der Waals surface area contributed by atoms with Crippen LogP contribution in [0.1, 0.15) is 45.5 Å². The fraction of sp³-hybridized carbons (Fsp3) is 0.192. The van der Waals surface area contributed by atoms with Crippen LogP contribution in [-0.4, -0.2) is 22.5 Å². The van der Waals surface area contributed by atoms with E-state index in [-0.39, 0.29) is 11.5 Å². The van der Waals surface area contributed by atoms with Gasteiger partial charge in [0.15, 0.2) is 5.78 Å². The second kappa shape index (κ2) is 6.45. The summed E-state index contributed by atoms with van der Waals surface area (Å²) in [6.45, 7) is 1.40. The van der Waals surface area contributed by atoms with Crippen LogP contribution in [0.2, 0.25) is 0 Å². The van der Waals surface area contributed by atoms with Crippen molar-refractivity contribution in [2.24, 2.45) is 11.8 Å². The number of ketones is 1. The summed E-state index contributed by atoms with van der Waals surface area (Å²) in [5, 5.41) is 12.9. The highest BCUT2D eigenvalue weighted by molar-refractivity contribution is 6.24. The molecule has 0 aromatic heterocycles. The molecular weight excluding hydrogens is 420 g/mol. The van der Waals surface area contributed by atoms with Crippen molar-refractivity contribution in [2.75, 3.05) is 4.90 Å². The second-order valence-corrected chi connectivity index (χ2v) is 8.80. The van der Waals surface area contributed by atoms with Gasteiger partial charge in [-0.1, -0.05) is 60.7 Å². The number of hydrogen-bond acceptors (Lipinski definition) is 5. The van der Waals surface area contributed by atoms with Crippen LogP contribution in [0.5, 0.6) is 0 Å². The van der Waals surface area contributed by atoms with Gasteiger partial charge >= 0.3 is 0 Å². The second-order valence-electron chi connectivity index (χ2n) is 8.80. The van der Waals surface area contributed by atoms with Gasteiger partial charge in [0.1, 0.15) is 5.92 Å². The van der Waals surface area contributed by atoms with Crippen molar-refractivity contribution >= 4 is 23.3 Å². The zero-order valence-corrected chi connectivity index (χ0v) is 17.6. The molecule has 162 valence electrons. The number of nitrogens with zero attached hydrogens (tertiary/aromatic N) is 2. The lowest BCUT2D eigenvalue weighted by molar-refractivity contribution is -0.578. The number of Topliss-reactive ketones (excluding diaryl/α,β-unsaturated/α-hetero) is 1. The van der Waals surface area contributed by atoms with Crippen molar-refractivity contribution in [2.45, 2.75) is 18.4 Å². The van der Waals surface area contributed by atoms with Crippen molar-refractivity contribution in [3.63, 3.8) is 0 Å². The van der Waals surface area contributed by atoms with Gasteiger partial charge in [0, 0.05) is 27.5 Å². The Hall–Kier alpha value is -4.13. The van der Waals surface area contributed by atoms with Crippen LogP contribution >= 0.6 is 0 Å². The minimum absolute atomic E-state index is 0.199. The molecule has 1 heterocycles. The third-order valence-electron chi connectivity index (χ3n) is 7.37. The van der Waals surface area contributed by atoms with E-state index in [1.807, 2.05) is 12.1 Å². The van der Waals surface area contributed by atoms with Gasteiger partial charge in [-0.15, -0.1) is 0 Å². The lowest BCUT2D eigenvalue weighted by Gasteiger charge is -2.48. The van der Waals surface area contributed by atoms with E-state index in [9.17, 15) is 24.5 Å². The zero-order valence-electron chi connectivity index (χ0n) is 17.6. The zero-order chi connectivity index (χ0) is 23.1. The summed E-state index contributed by atoms with van der Waals surface area (Å²) in [4.78, 5) is 53.1. The maximum atomic E-state index is 13.9. The standard InChI is InChI=1S/C26H18N2O5/c1-14(29)15-7-6-8-16(13-15)27-24(30)22-21-17-9-2-4-11-19(17)26(28(32)33,23(22)25(27)31)20-12-5-3-10-18(20)21/h2-13,21-23H,1H3/t21?,22-,23+,26?/m1/s1. The first-order chi connectivity index (χ1) is 15.9. The predicted molar refractivity (Wildman–Crippen MR) is 118 cm³/mol. The summed E-state index contributed by atoms with van der Waals surface area (Å²) in [6, 6.07) is 20.4. The third kappa shape index (κ3) is 2.21. The molecule has 2 bridgehead atoms. The maximum Gasteiger partial charge on any atom is 0.285 e. The van der Waals surface area contributed by atoms with E-state index in [2.05, 4.69) is 0 Å². The first-order valence-electron chi connectivity index (χ1n) is 10.7. The Labute approximate surface area is 188 Å². The lowest BCUT2D eigenvalue weighted by Crippen LogP contribution is -2.57. The fourth-order valence-corrected chi connectivity index (χ4v) is 6.16. The monoisotopic (exact) mass is 438 g/mol. The van der Waals surface area contributed by atoms with Gasteiger partial charge in [-0.3, -0.25) is 24.5 Å². The van der Waals surface area contributed by atoms with Crippen molar-refractivity contribution < 1.29 is 19.3 Å². The SMILES string of the molecule is CC(=O)c1cccc(N2C(=O)[C@@H]3C4c5ccccc5C([N+](=O)[O-])(c5ccccc54)[C@@H]3C2=O)c1. The smallest absolute Gasteiger partial charge is 0.285 e. The maximum absolute atomic E-state index is 13.9. The van der Waals surface area contributed by atoms with Gasteiger partial charge < -0.3 is 0 Å². The number of carbonyl (C=O) groups is 3. The number of carbonyl (C=O) groups excluding carboxylic acids is 3. The lowest BCUT2D eigenvalue weighted by atomic mass is 9.51. The van der Waals surface area contributed by atoms with Crippen molar-refractivity contribution in [3.8, 4) is 0 Å². The number of amides is 2. The van der Waals surface area contributed by atoms with Crippen molar-refractivity contribution in [3.05, 3.63) is 111 Å². The third-order valence-corrected chi connectivity index (χ3v) is 7.37. The summed E-state index contributed by atoms with van der Waals surface area (Å²) < 4.78 is 0. The van der Waals surface area contributed by atoms with E-state index >= 15 is 0 Å². The van der Waals surface area contributed by atoms with Gasteiger partial charge in [-0.25, -0.2) is 4.90 Å². The molecule has 7 heteroatoms. The molecule has 3 aromatic carbocycles. The molecule has 1 aliphatic heterocycles. The minimum atomic E-state index is -1.85. The fourth-order valence-electron chi connectivity index (χ4n) is 6.16. The molecule has 2 atom stereocenters. The number of anilines is 1. The molecule has 3 aromatic rings. The van der Waals surface area contributed by atoms with Gasteiger partial charge in [-0.2, -0.15) is 0 Å². The summed E-state index contributed by atoms with van der Waals surface area (Å²) in [6.07, 6.45) is 0. The molecule has 7 nitrogen and oxygen atoms in total. The highest BCUT2D eigenvalue weighted by atomic mass is 16.6. The topological polar surface area (TPSA) is 97.6 Å². The summed E-state index contributed by atoms with van der Waals surface area (Å²) in [5.74, 6) is -3.79. The summed E-state index contributed by atoms with van der Waals surface area (Å²) >= 11 is 0. The van der Waals surface area contributed by atoms with Gasteiger partial charge in [0.2, 0.25) is 11.8 Å². The van der Waals surface area contributed by atoms with Crippen LogP contribution in [0.4, 0.5) is 5.69 Å². The summed E-state index contributed by atoms with van der Waals surface area (Å²) in [5.41, 5.74) is 1.15. The highest BCUT2D eigenvalue weighted by Gasteiger charge is 2.74. The predicted octanol–water partition coefficient (Wildman–Crippen LogP) is 3.67. The van der Waals surface area contributed by atoms with Crippen LogP contribution in [0.15, 0.2) is 72.8 Å². The molecule has 0 saturated carbocycles. The van der Waals surface area contributed by atoms with E-state index < -0.39 is 40.0 Å². The van der Waals surface area contributed by atoms with Crippen LogP contribution in [0.3, 0.4) is 0 Å². The first-order valence-corrected chi connectivity index (χ1v) is 10.7. The number of hydrogen-bond donors (Lipinski definition) is 0. The molecule has 0 N–H and O–H groups in total. The number of rotatable bonds is 3. The average molecular weight is 438 g/mol. The van der Waals surface area contributed by atoms with Gasteiger partial charge in [-0.05, 0) is 30.2 Å². The van der Waals surface area contributed by atoms with Crippen LogP contribution in [0, 0.1) is 22.0 Å². The average Bonchev–Trinajstić information content (AvgIpc) is 3.09. The molecule has 1 saturated heterocycles. The molecule has 33 heavy (non-hydrogen) atoms. The quantitative estimate of drug-likeness (QED) is 0.269. The number of benzene rings is 3. The van der Waals surface area contributed by atoms with E-state index in [0.717, 1.165) is 16.0 Å². The van der Waals surface area contributed by atoms with Crippen molar-refractivity contribution in [1.29, 1.82) is 0 Å². The number of imide groups is 1. The molecule has 0 unspecified atom stereocenters. The van der Waals surface area contributed by atoms with Crippen LogP contribution in [0.25, 0.3) is 0 Å². The Kier molecular flexibility index (Phi) is 3.82. The van der Waals surface area contributed by atoms with Gasteiger partial charge in [0.05, 0.1) is 11.6 Å². The molecule has 2 amide bonds. The van der Waals surface area contributed by atoms with Crippen LogP contribution < -0.4 is 4.90 Å². The number of nitro groups is 1. The minimum Gasteiger partial charge on any atom is -0.295 e. The molecular formula is C26H18N2O5. The van der Waals surface area contributed by atoms with E-state index in [1.54, 1.807) is 54.6 Å². The Balaban J connectivity index is 1.64. The Morgan fingerprint density at radius 1 is 0.909 bits per heavy atom. The van der Waals surface area contributed by atoms with Crippen molar-refractivity contribution in [1.82, 2.24) is 0 Å². The first kappa shape index (κ1) is 19.5. The highest BCUT2D eigenvalue weighted by Crippen LogP contribution is 2.64. The largest absolute Gasteiger partial charge is 0.295 e. The Morgan fingerprint density at radius 2 is 1.52 bits per heavy atom. The molecule has 1 fully saturated rings. The van der Waals surface area contributed by atoms with E-state index in [1.165, 1.54) is 13.0 Å². The van der Waals surface area contributed by atoms with E-state index in [4.69, 9.17) is 0 Å². The Morgan fingerprint density at radius 3 is 2.09 bits per heavy atom. The normalized spacial score (nSPS) is 26.6.